The first-order valence-corrected chi connectivity index (χ1v) is 8.94. The van der Waals surface area contributed by atoms with Crippen molar-refractivity contribution in [1.29, 1.82) is 0 Å². The number of amides is 2. The number of carbonyl (C=O) groups is 2. The van der Waals surface area contributed by atoms with Crippen LogP contribution in [0, 0.1) is 5.82 Å². The molecule has 3 rings (SSSR count). The Balaban J connectivity index is 1.81. The Morgan fingerprint density at radius 2 is 2.15 bits per heavy atom. The monoisotopic (exact) mass is 396 g/mol. The molecule has 0 aliphatic carbocycles. The largest absolute Gasteiger partial charge is 0.444 e. The number of carbonyl (C=O) groups excluding carboxylic acids is 2. The number of benzene rings is 1. The standard InChI is InChI=1S/C16H17FN4O5S/c1-16(2,3)25-14(23)19-10-6-27-11-5-8(17)7(4-9(11)18-13(10)22)12-20-15(24)26-21-12/h4-5,10H,6H2,1-3H3,(H,18,22)(H,19,23)(H,20,21,24)/t10-/m0/s1. The number of aromatic amines is 1. The first-order chi connectivity index (χ1) is 12.6. The average Bonchev–Trinajstić information content (AvgIpc) is 2.91. The molecular formula is C16H17FN4O5S. The third kappa shape index (κ3) is 4.48. The second kappa shape index (κ2) is 7.06. The number of rotatable bonds is 2. The van der Waals surface area contributed by atoms with Crippen LogP contribution in [-0.2, 0) is 9.53 Å². The fraction of sp³-hybridized carbons (Fsp3) is 0.375. The summed E-state index contributed by atoms with van der Waals surface area (Å²) in [5.41, 5.74) is -0.397. The normalized spacial score (nSPS) is 16.9. The van der Waals surface area contributed by atoms with Crippen molar-refractivity contribution in [3.05, 3.63) is 28.5 Å². The summed E-state index contributed by atoms with van der Waals surface area (Å²) in [4.78, 5) is 38.2. The molecule has 1 aromatic carbocycles. The van der Waals surface area contributed by atoms with Gasteiger partial charge in [-0.05, 0) is 32.9 Å². The van der Waals surface area contributed by atoms with Gasteiger partial charge in [-0.1, -0.05) is 5.16 Å². The zero-order valence-corrected chi connectivity index (χ0v) is 15.5. The number of nitrogens with zero attached hydrogens (tertiary/aromatic N) is 1. The Bertz CT molecular complexity index is 949. The molecule has 144 valence electrons. The molecule has 11 heteroatoms. The van der Waals surface area contributed by atoms with E-state index in [-0.39, 0.29) is 17.1 Å². The summed E-state index contributed by atoms with van der Waals surface area (Å²) in [7, 11) is 0. The second-order valence-corrected chi connectivity index (χ2v) is 7.83. The molecule has 3 N–H and O–H groups in total. The van der Waals surface area contributed by atoms with Gasteiger partial charge in [-0.15, -0.1) is 11.8 Å². The van der Waals surface area contributed by atoms with Gasteiger partial charge in [-0.3, -0.25) is 14.3 Å². The van der Waals surface area contributed by atoms with Gasteiger partial charge < -0.3 is 15.4 Å². The molecule has 0 bridgehead atoms. The molecule has 0 radical (unpaired) electrons. The van der Waals surface area contributed by atoms with Crippen molar-refractivity contribution in [3.8, 4) is 11.4 Å². The fourth-order valence-electron chi connectivity index (χ4n) is 2.33. The number of alkyl carbamates (subject to hydrolysis) is 1. The molecular weight excluding hydrogens is 379 g/mol. The maximum absolute atomic E-state index is 14.4. The number of nitrogens with one attached hydrogen (secondary N) is 3. The summed E-state index contributed by atoms with van der Waals surface area (Å²) < 4.78 is 23.9. The molecule has 2 aromatic rings. The van der Waals surface area contributed by atoms with Crippen molar-refractivity contribution in [2.45, 2.75) is 37.3 Å². The summed E-state index contributed by atoms with van der Waals surface area (Å²) in [5.74, 6) is -1.83. The molecule has 0 unspecified atom stereocenters. The minimum absolute atomic E-state index is 0.0287. The van der Waals surface area contributed by atoms with E-state index in [1.54, 1.807) is 20.8 Å². The topological polar surface area (TPSA) is 126 Å². The summed E-state index contributed by atoms with van der Waals surface area (Å²) in [5, 5.41) is 8.59. The molecule has 9 nitrogen and oxygen atoms in total. The predicted molar refractivity (Wildman–Crippen MR) is 95.0 cm³/mol. The number of halogens is 1. The highest BCUT2D eigenvalue weighted by atomic mass is 32.2. The van der Waals surface area contributed by atoms with Crippen LogP contribution in [0.4, 0.5) is 14.9 Å². The molecule has 1 aliphatic rings. The van der Waals surface area contributed by atoms with Gasteiger partial charge in [-0.2, -0.15) is 0 Å². The lowest BCUT2D eigenvalue weighted by atomic mass is 10.1. The first-order valence-electron chi connectivity index (χ1n) is 7.95. The van der Waals surface area contributed by atoms with Crippen LogP contribution in [0.2, 0.25) is 0 Å². The van der Waals surface area contributed by atoms with Crippen molar-refractivity contribution in [2.24, 2.45) is 0 Å². The van der Waals surface area contributed by atoms with Gasteiger partial charge in [0.2, 0.25) is 5.91 Å². The maximum atomic E-state index is 14.4. The number of ether oxygens (including phenoxy) is 1. The van der Waals surface area contributed by atoms with Crippen LogP contribution < -0.4 is 16.4 Å². The summed E-state index contributed by atoms with van der Waals surface area (Å²) >= 11 is 1.20. The van der Waals surface area contributed by atoms with Crippen LogP contribution in [0.15, 0.2) is 26.3 Å². The predicted octanol–water partition coefficient (Wildman–Crippen LogP) is 2.11. The van der Waals surface area contributed by atoms with Crippen LogP contribution >= 0.6 is 11.8 Å². The number of H-pyrrole nitrogens is 1. The third-order valence-electron chi connectivity index (χ3n) is 3.44. The van der Waals surface area contributed by atoms with Crippen molar-refractivity contribution in [2.75, 3.05) is 11.1 Å². The fourth-order valence-corrected chi connectivity index (χ4v) is 3.36. The highest BCUT2D eigenvalue weighted by molar-refractivity contribution is 7.99. The number of hydrogen-bond acceptors (Lipinski definition) is 7. The van der Waals surface area contributed by atoms with Crippen molar-refractivity contribution in [3.63, 3.8) is 0 Å². The molecule has 0 saturated heterocycles. The first kappa shape index (κ1) is 19.0. The van der Waals surface area contributed by atoms with E-state index in [2.05, 4.69) is 25.3 Å². The van der Waals surface area contributed by atoms with Gasteiger partial charge in [0.1, 0.15) is 17.5 Å². The zero-order valence-electron chi connectivity index (χ0n) is 14.7. The smallest absolute Gasteiger partial charge is 0.439 e. The van der Waals surface area contributed by atoms with E-state index in [9.17, 15) is 18.8 Å². The minimum atomic E-state index is -0.865. The third-order valence-corrected chi connectivity index (χ3v) is 4.58. The molecule has 2 heterocycles. The van der Waals surface area contributed by atoms with E-state index in [1.165, 1.54) is 23.9 Å². The SMILES string of the molecule is CC(C)(C)OC(=O)N[C@H]1CSc2cc(F)c(-c3noc(=O)[nH]3)cc2NC1=O. The number of fused-ring (bicyclic) bond motifs is 1. The molecule has 2 amide bonds. The Labute approximate surface area is 157 Å². The lowest BCUT2D eigenvalue weighted by Crippen LogP contribution is -2.46. The molecule has 1 aliphatic heterocycles. The van der Waals surface area contributed by atoms with Crippen LogP contribution in [0.25, 0.3) is 11.4 Å². The van der Waals surface area contributed by atoms with Crippen molar-refractivity contribution in [1.82, 2.24) is 15.5 Å². The zero-order chi connectivity index (χ0) is 19.8. The van der Waals surface area contributed by atoms with Gasteiger partial charge >= 0.3 is 11.8 Å². The van der Waals surface area contributed by atoms with E-state index >= 15 is 0 Å². The van der Waals surface area contributed by atoms with Crippen LogP contribution in [0.3, 0.4) is 0 Å². The van der Waals surface area contributed by atoms with Crippen LogP contribution in [-0.4, -0.2) is 39.5 Å². The van der Waals surface area contributed by atoms with Crippen LogP contribution in [0.1, 0.15) is 20.8 Å². The summed E-state index contributed by atoms with van der Waals surface area (Å²) in [6.07, 6.45) is -0.721. The summed E-state index contributed by atoms with van der Waals surface area (Å²) in [6, 6.07) is 1.70. The number of aromatic nitrogens is 2. The molecule has 27 heavy (non-hydrogen) atoms. The minimum Gasteiger partial charge on any atom is -0.444 e. The van der Waals surface area contributed by atoms with E-state index in [0.717, 1.165) is 0 Å². The van der Waals surface area contributed by atoms with Crippen molar-refractivity contribution < 1.29 is 23.2 Å². The average molecular weight is 396 g/mol. The summed E-state index contributed by atoms with van der Waals surface area (Å²) in [6.45, 7) is 5.13. The molecule has 1 atom stereocenters. The number of anilines is 1. The van der Waals surface area contributed by atoms with E-state index in [0.29, 0.717) is 10.6 Å². The van der Waals surface area contributed by atoms with Gasteiger partial charge in [0.25, 0.3) is 0 Å². The lowest BCUT2D eigenvalue weighted by molar-refractivity contribution is -0.117. The van der Waals surface area contributed by atoms with E-state index in [4.69, 9.17) is 4.74 Å². The van der Waals surface area contributed by atoms with Gasteiger partial charge in [-0.25, -0.2) is 14.0 Å². The second-order valence-electron chi connectivity index (χ2n) is 6.77. The number of hydrogen-bond donors (Lipinski definition) is 3. The van der Waals surface area contributed by atoms with Crippen LogP contribution in [0.5, 0.6) is 0 Å². The maximum Gasteiger partial charge on any atom is 0.439 e. The van der Waals surface area contributed by atoms with Gasteiger partial charge in [0, 0.05) is 10.6 Å². The Morgan fingerprint density at radius 1 is 1.41 bits per heavy atom. The quantitative estimate of drug-likeness (QED) is 0.709. The highest BCUT2D eigenvalue weighted by Gasteiger charge is 2.29. The lowest BCUT2D eigenvalue weighted by Gasteiger charge is -2.22. The van der Waals surface area contributed by atoms with E-state index < -0.39 is 35.2 Å². The van der Waals surface area contributed by atoms with Gasteiger partial charge in [0.05, 0.1) is 11.3 Å². The molecule has 0 saturated carbocycles. The highest BCUT2D eigenvalue weighted by Crippen LogP contribution is 2.35. The molecule has 1 aromatic heterocycles. The Morgan fingerprint density at radius 3 is 2.78 bits per heavy atom. The number of thioether (sulfide) groups is 1. The Kier molecular flexibility index (Phi) is 4.96. The van der Waals surface area contributed by atoms with Crippen molar-refractivity contribution >= 4 is 29.4 Å². The molecule has 0 spiro atoms. The molecule has 0 fully saturated rings. The Hall–Kier alpha value is -2.82. The van der Waals surface area contributed by atoms with E-state index in [1.807, 2.05) is 0 Å². The van der Waals surface area contributed by atoms with Gasteiger partial charge in [0.15, 0.2) is 5.82 Å².